The minimum Gasteiger partial charge on any atom is -0.493 e. The molecule has 172 valence electrons. The lowest BCUT2D eigenvalue weighted by atomic mass is 10.0. The van der Waals surface area contributed by atoms with Crippen LogP contribution in [0.1, 0.15) is 65.8 Å². The summed E-state index contributed by atoms with van der Waals surface area (Å²) in [7, 11) is 0. The zero-order valence-electron chi connectivity index (χ0n) is 19.7. The summed E-state index contributed by atoms with van der Waals surface area (Å²) < 4.78 is 8.41. The number of nitrogens with zero attached hydrogens (tertiary/aromatic N) is 2. The standard InChI is InChI=1S/C27H31N3O2S/c1-18(2)21-13-12-19(3)17-24(21)32-15-8-14-30-23-10-6-5-9-22(23)29-26(30)20(4)28-27(31)25-11-7-16-33-25/h5-7,9-13,16-18,20H,8,14-15H2,1-4H3,(H,28,31). The average Bonchev–Trinajstić information content (AvgIpc) is 3.45. The van der Waals surface area contributed by atoms with E-state index in [9.17, 15) is 4.79 Å². The Morgan fingerprint density at radius 2 is 1.94 bits per heavy atom. The first kappa shape index (κ1) is 23.1. The molecule has 0 aliphatic carbocycles. The van der Waals surface area contributed by atoms with Gasteiger partial charge < -0.3 is 14.6 Å². The van der Waals surface area contributed by atoms with Gasteiger partial charge in [0.15, 0.2) is 0 Å². The Hall–Kier alpha value is -3.12. The Morgan fingerprint density at radius 1 is 1.12 bits per heavy atom. The number of aryl methyl sites for hydroxylation is 2. The highest BCUT2D eigenvalue weighted by molar-refractivity contribution is 7.12. The van der Waals surface area contributed by atoms with Crippen molar-refractivity contribution in [1.29, 1.82) is 0 Å². The Morgan fingerprint density at radius 3 is 2.70 bits per heavy atom. The summed E-state index contributed by atoms with van der Waals surface area (Å²) in [5.41, 5.74) is 4.45. The maximum Gasteiger partial charge on any atom is 0.261 e. The minimum atomic E-state index is -0.211. The molecule has 2 aromatic heterocycles. The SMILES string of the molecule is Cc1ccc(C(C)C)c(OCCCn2c(C(C)NC(=O)c3cccs3)nc3ccccc32)c1. The zero-order valence-corrected chi connectivity index (χ0v) is 20.5. The van der Waals surface area contributed by atoms with E-state index in [0.717, 1.165) is 35.6 Å². The number of hydrogen-bond acceptors (Lipinski definition) is 4. The highest BCUT2D eigenvalue weighted by Crippen LogP contribution is 2.28. The van der Waals surface area contributed by atoms with Crippen LogP contribution in [0.5, 0.6) is 5.75 Å². The molecule has 0 aliphatic heterocycles. The highest BCUT2D eigenvalue weighted by Gasteiger charge is 2.19. The van der Waals surface area contributed by atoms with E-state index in [0.29, 0.717) is 17.4 Å². The smallest absolute Gasteiger partial charge is 0.261 e. The van der Waals surface area contributed by atoms with Crippen molar-refractivity contribution in [3.63, 3.8) is 0 Å². The molecule has 1 N–H and O–H groups in total. The van der Waals surface area contributed by atoms with Gasteiger partial charge >= 0.3 is 0 Å². The van der Waals surface area contributed by atoms with Gasteiger partial charge in [0.25, 0.3) is 5.91 Å². The second-order valence-electron chi connectivity index (χ2n) is 8.68. The Bertz CT molecular complexity index is 1230. The molecular formula is C27H31N3O2S. The Balaban J connectivity index is 1.48. The van der Waals surface area contributed by atoms with Crippen LogP contribution in [0, 0.1) is 6.92 Å². The topological polar surface area (TPSA) is 56.1 Å². The fourth-order valence-electron chi connectivity index (χ4n) is 4.05. The van der Waals surface area contributed by atoms with Crippen molar-refractivity contribution in [2.75, 3.05) is 6.61 Å². The van der Waals surface area contributed by atoms with Crippen LogP contribution in [-0.2, 0) is 6.54 Å². The van der Waals surface area contributed by atoms with Crippen molar-refractivity contribution >= 4 is 28.3 Å². The number of rotatable bonds is 9. The van der Waals surface area contributed by atoms with Crippen LogP contribution in [0.4, 0.5) is 0 Å². The fraction of sp³-hybridized carbons (Fsp3) is 0.333. The molecule has 4 aromatic rings. The number of fused-ring (bicyclic) bond motifs is 1. The van der Waals surface area contributed by atoms with Gasteiger partial charge in [-0.2, -0.15) is 0 Å². The molecule has 1 atom stereocenters. The van der Waals surface area contributed by atoms with E-state index in [-0.39, 0.29) is 11.9 Å². The number of thiophene rings is 1. The fourth-order valence-corrected chi connectivity index (χ4v) is 4.67. The number of imidazole rings is 1. The maximum absolute atomic E-state index is 12.6. The van der Waals surface area contributed by atoms with E-state index in [1.807, 2.05) is 42.6 Å². The second-order valence-corrected chi connectivity index (χ2v) is 9.63. The van der Waals surface area contributed by atoms with Gasteiger partial charge in [0.05, 0.1) is 28.6 Å². The summed E-state index contributed by atoms with van der Waals surface area (Å²) in [5, 5.41) is 5.01. The van der Waals surface area contributed by atoms with Crippen molar-refractivity contribution in [3.8, 4) is 5.75 Å². The molecule has 33 heavy (non-hydrogen) atoms. The number of carbonyl (C=O) groups excluding carboxylic acids is 1. The molecule has 0 radical (unpaired) electrons. The number of carbonyl (C=O) groups is 1. The van der Waals surface area contributed by atoms with E-state index in [4.69, 9.17) is 9.72 Å². The van der Waals surface area contributed by atoms with Gasteiger partial charge in [0, 0.05) is 6.54 Å². The number of ether oxygens (including phenoxy) is 1. The van der Waals surface area contributed by atoms with Crippen molar-refractivity contribution in [2.24, 2.45) is 0 Å². The van der Waals surface area contributed by atoms with Crippen LogP contribution in [0.25, 0.3) is 11.0 Å². The summed E-state index contributed by atoms with van der Waals surface area (Å²) in [6, 6.07) is 18.0. The summed E-state index contributed by atoms with van der Waals surface area (Å²) in [4.78, 5) is 18.1. The molecule has 0 saturated heterocycles. The number of benzene rings is 2. The molecule has 2 aromatic carbocycles. The second kappa shape index (κ2) is 10.2. The molecule has 1 amide bonds. The third kappa shape index (κ3) is 5.28. The monoisotopic (exact) mass is 461 g/mol. The van der Waals surface area contributed by atoms with Gasteiger partial charge in [0.2, 0.25) is 0 Å². The van der Waals surface area contributed by atoms with Gasteiger partial charge in [-0.25, -0.2) is 4.98 Å². The first-order valence-corrected chi connectivity index (χ1v) is 12.3. The number of amides is 1. The molecule has 0 saturated carbocycles. The van der Waals surface area contributed by atoms with Crippen molar-refractivity contribution in [3.05, 3.63) is 81.8 Å². The van der Waals surface area contributed by atoms with E-state index in [1.54, 1.807) is 0 Å². The third-order valence-electron chi connectivity index (χ3n) is 5.74. The normalized spacial score (nSPS) is 12.3. The number of nitrogens with one attached hydrogen (secondary N) is 1. The predicted molar refractivity (Wildman–Crippen MR) is 135 cm³/mol. The zero-order chi connectivity index (χ0) is 23.4. The van der Waals surface area contributed by atoms with Crippen molar-refractivity contribution < 1.29 is 9.53 Å². The predicted octanol–water partition coefficient (Wildman–Crippen LogP) is 6.49. The van der Waals surface area contributed by atoms with Gasteiger partial charge in [-0.3, -0.25) is 4.79 Å². The minimum absolute atomic E-state index is 0.0694. The van der Waals surface area contributed by atoms with E-state index in [1.165, 1.54) is 22.5 Å². The number of para-hydroxylation sites is 2. The summed E-state index contributed by atoms with van der Waals surface area (Å²) in [6.45, 7) is 9.83. The Kier molecular flexibility index (Phi) is 7.14. The van der Waals surface area contributed by atoms with Crippen molar-refractivity contribution in [2.45, 2.75) is 52.6 Å². The summed E-state index contributed by atoms with van der Waals surface area (Å²) >= 11 is 1.44. The van der Waals surface area contributed by atoms with E-state index < -0.39 is 0 Å². The van der Waals surface area contributed by atoms with Gasteiger partial charge in [-0.15, -0.1) is 11.3 Å². The van der Waals surface area contributed by atoms with Crippen LogP contribution in [-0.4, -0.2) is 22.1 Å². The van der Waals surface area contributed by atoms with Crippen LogP contribution in [0.2, 0.25) is 0 Å². The summed E-state index contributed by atoms with van der Waals surface area (Å²) in [5.74, 6) is 2.18. The van der Waals surface area contributed by atoms with Gasteiger partial charge in [-0.1, -0.05) is 44.2 Å². The lowest BCUT2D eigenvalue weighted by Crippen LogP contribution is -2.28. The number of hydrogen-bond donors (Lipinski definition) is 1. The molecule has 5 nitrogen and oxygen atoms in total. The largest absolute Gasteiger partial charge is 0.493 e. The molecule has 1 unspecified atom stereocenters. The van der Waals surface area contributed by atoms with Gasteiger partial charge in [-0.05, 0) is 67.0 Å². The van der Waals surface area contributed by atoms with Crippen LogP contribution in [0.3, 0.4) is 0 Å². The lowest BCUT2D eigenvalue weighted by Gasteiger charge is -2.17. The first-order valence-electron chi connectivity index (χ1n) is 11.5. The molecular weight excluding hydrogens is 430 g/mol. The number of aromatic nitrogens is 2. The maximum atomic E-state index is 12.6. The van der Waals surface area contributed by atoms with E-state index in [2.05, 4.69) is 54.9 Å². The average molecular weight is 462 g/mol. The molecule has 0 bridgehead atoms. The molecule has 4 rings (SSSR count). The molecule has 0 fully saturated rings. The third-order valence-corrected chi connectivity index (χ3v) is 6.61. The van der Waals surface area contributed by atoms with Crippen LogP contribution in [0.15, 0.2) is 60.0 Å². The molecule has 2 heterocycles. The van der Waals surface area contributed by atoms with E-state index >= 15 is 0 Å². The molecule has 0 spiro atoms. The highest BCUT2D eigenvalue weighted by atomic mass is 32.1. The van der Waals surface area contributed by atoms with Crippen LogP contribution < -0.4 is 10.1 Å². The van der Waals surface area contributed by atoms with Crippen molar-refractivity contribution in [1.82, 2.24) is 14.9 Å². The summed E-state index contributed by atoms with van der Waals surface area (Å²) in [6.07, 6.45) is 0.838. The molecule has 6 heteroatoms. The lowest BCUT2D eigenvalue weighted by molar-refractivity contribution is 0.0941. The van der Waals surface area contributed by atoms with Gasteiger partial charge in [0.1, 0.15) is 11.6 Å². The Labute approximate surface area is 199 Å². The first-order chi connectivity index (χ1) is 15.9. The van der Waals surface area contributed by atoms with Crippen LogP contribution >= 0.6 is 11.3 Å². The molecule has 0 aliphatic rings. The quantitative estimate of drug-likeness (QED) is 0.290.